The number of nitrogens with one attached hydrogen (secondary N) is 2. The van der Waals surface area contributed by atoms with E-state index in [0.717, 1.165) is 38.8 Å². The summed E-state index contributed by atoms with van der Waals surface area (Å²) in [5.74, 6) is 0.175. The zero-order chi connectivity index (χ0) is 13.8. The molecule has 4 heteroatoms. The summed E-state index contributed by atoms with van der Waals surface area (Å²) in [5.41, 5.74) is -0.207. The van der Waals surface area contributed by atoms with Crippen LogP contribution in [0.25, 0.3) is 0 Å². The molecule has 0 heterocycles. The predicted octanol–water partition coefficient (Wildman–Crippen LogP) is 1.22. The second kappa shape index (κ2) is 6.02. The molecule has 2 N–H and O–H groups in total. The van der Waals surface area contributed by atoms with Gasteiger partial charge in [-0.15, -0.1) is 0 Å². The third-order valence-corrected chi connectivity index (χ3v) is 3.84. The summed E-state index contributed by atoms with van der Waals surface area (Å²) in [5, 5.41) is 6.37. The average Bonchev–Trinajstić information content (AvgIpc) is 2.74. The summed E-state index contributed by atoms with van der Waals surface area (Å²) >= 11 is 0. The lowest BCUT2D eigenvalue weighted by Gasteiger charge is -2.32. The van der Waals surface area contributed by atoms with Crippen molar-refractivity contribution in [1.29, 1.82) is 0 Å². The van der Waals surface area contributed by atoms with Crippen LogP contribution in [0, 0.1) is 5.41 Å². The maximum Gasteiger partial charge on any atom is 0.240 e. The molecule has 0 bridgehead atoms. The van der Waals surface area contributed by atoms with Gasteiger partial charge in [0.2, 0.25) is 5.91 Å². The molecule has 0 aromatic rings. The van der Waals surface area contributed by atoms with E-state index in [4.69, 9.17) is 0 Å². The molecule has 0 unspecified atom stereocenters. The number of likely N-dealkylation sites (N-methyl/N-ethyl adjacent to an activating group) is 1. The van der Waals surface area contributed by atoms with Gasteiger partial charge in [0, 0.05) is 13.1 Å². The molecule has 0 saturated heterocycles. The van der Waals surface area contributed by atoms with E-state index in [-0.39, 0.29) is 16.9 Å². The molecule has 1 saturated carbocycles. The van der Waals surface area contributed by atoms with E-state index in [2.05, 4.69) is 43.5 Å². The van der Waals surface area contributed by atoms with Crippen molar-refractivity contribution in [1.82, 2.24) is 15.5 Å². The molecule has 0 radical (unpaired) electrons. The second-order valence-corrected chi connectivity index (χ2v) is 6.62. The minimum absolute atomic E-state index is 0.104. The van der Waals surface area contributed by atoms with Crippen LogP contribution in [0.3, 0.4) is 0 Å². The lowest BCUT2D eigenvalue weighted by molar-refractivity contribution is -0.127. The Balaban J connectivity index is 2.50. The Morgan fingerprint density at radius 3 is 2.28 bits per heavy atom. The second-order valence-electron chi connectivity index (χ2n) is 6.62. The van der Waals surface area contributed by atoms with Gasteiger partial charge in [0.05, 0.1) is 5.54 Å². The highest BCUT2D eigenvalue weighted by molar-refractivity contribution is 5.86. The highest BCUT2D eigenvalue weighted by atomic mass is 16.2. The maximum absolute atomic E-state index is 12.3. The fourth-order valence-corrected chi connectivity index (χ4v) is 2.97. The highest BCUT2D eigenvalue weighted by Crippen LogP contribution is 2.29. The van der Waals surface area contributed by atoms with Gasteiger partial charge in [-0.2, -0.15) is 0 Å². The van der Waals surface area contributed by atoms with Crippen LogP contribution in [0.5, 0.6) is 0 Å². The molecule has 0 aromatic carbocycles. The molecule has 1 amide bonds. The summed E-state index contributed by atoms with van der Waals surface area (Å²) in [6.07, 6.45) is 4.22. The molecular formula is C14H29N3O. The Kier molecular flexibility index (Phi) is 5.17. The van der Waals surface area contributed by atoms with Crippen LogP contribution in [0.15, 0.2) is 0 Å². The van der Waals surface area contributed by atoms with E-state index in [1.165, 1.54) is 0 Å². The van der Waals surface area contributed by atoms with E-state index >= 15 is 0 Å². The Morgan fingerprint density at radius 2 is 1.83 bits per heavy atom. The number of carbonyl (C=O) groups excluding carboxylic acids is 1. The fourth-order valence-electron chi connectivity index (χ4n) is 2.97. The number of rotatable bonds is 6. The SMILES string of the molecule is CNC1(C(=O)NCC(C)(C)CN(C)C)CCCC1. The predicted molar refractivity (Wildman–Crippen MR) is 75.6 cm³/mol. The first-order chi connectivity index (χ1) is 8.31. The van der Waals surface area contributed by atoms with E-state index in [0.29, 0.717) is 0 Å². The van der Waals surface area contributed by atoms with Crippen LogP contribution in [-0.2, 0) is 4.79 Å². The minimum atomic E-state index is -0.311. The lowest BCUT2D eigenvalue weighted by Crippen LogP contribution is -2.55. The van der Waals surface area contributed by atoms with Gasteiger partial charge in [-0.3, -0.25) is 4.79 Å². The molecule has 106 valence electrons. The van der Waals surface area contributed by atoms with Crippen LogP contribution in [-0.4, -0.2) is 50.6 Å². The largest absolute Gasteiger partial charge is 0.354 e. The molecular weight excluding hydrogens is 226 g/mol. The van der Waals surface area contributed by atoms with Gasteiger partial charge in [-0.05, 0) is 39.4 Å². The van der Waals surface area contributed by atoms with Crippen LogP contribution in [0.2, 0.25) is 0 Å². The first-order valence-electron chi connectivity index (χ1n) is 6.93. The molecule has 1 fully saturated rings. The Labute approximate surface area is 111 Å². The zero-order valence-corrected chi connectivity index (χ0v) is 12.6. The van der Waals surface area contributed by atoms with E-state index in [9.17, 15) is 4.79 Å². The molecule has 18 heavy (non-hydrogen) atoms. The Hall–Kier alpha value is -0.610. The number of carbonyl (C=O) groups is 1. The van der Waals surface area contributed by atoms with Gasteiger partial charge in [0.25, 0.3) is 0 Å². The summed E-state index contributed by atoms with van der Waals surface area (Å²) in [7, 11) is 6.03. The number of hydrogen-bond acceptors (Lipinski definition) is 3. The van der Waals surface area contributed by atoms with Crippen molar-refractivity contribution in [2.75, 3.05) is 34.2 Å². The van der Waals surface area contributed by atoms with Crippen molar-refractivity contribution in [2.45, 2.75) is 45.1 Å². The van der Waals surface area contributed by atoms with Crippen molar-refractivity contribution in [3.05, 3.63) is 0 Å². The first-order valence-corrected chi connectivity index (χ1v) is 6.93. The monoisotopic (exact) mass is 255 g/mol. The average molecular weight is 255 g/mol. The fraction of sp³-hybridized carbons (Fsp3) is 0.929. The molecule has 1 rings (SSSR count). The number of hydrogen-bond donors (Lipinski definition) is 2. The van der Waals surface area contributed by atoms with Crippen molar-refractivity contribution in [2.24, 2.45) is 5.41 Å². The normalized spacial score (nSPS) is 19.2. The van der Waals surface area contributed by atoms with Crippen LogP contribution in [0.4, 0.5) is 0 Å². The smallest absolute Gasteiger partial charge is 0.240 e. The molecule has 0 spiro atoms. The third kappa shape index (κ3) is 3.95. The summed E-state index contributed by atoms with van der Waals surface area (Å²) in [6.45, 7) is 6.08. The summed E-state index contributed by atoms with van der Waals surface area (Å²) < 4.78 is 0. The van der Waals surface area contributed by atoms with Gasteiger partial charge >= 0.3 is 0 Å². The quantitative estimate of drug-likeness (QED) is 0.750. The van der Waals surface area contributed by atoms with Crippen molar-refractivity contribution >= 4 is 5.91 Å². The standard InChI is InChI=1S/C14H29N3O/c1-13(2,11-17(4)5)10-16-12(18)14(15-3)8-6-7-9-14/h15H,6-11H2,1-5H3,(H,16,18). The van der Waals surface area contributed by atoms with Crippen LogP contribution < -0.4 is 10.6 Å². The van der Waals surface area contributed by atoms with Crippen molar-refractivity contribution in [3.8, 4) is 0 Å². The van der Waals surface area contributed by atoms with E-state index < -0.39 is 0 Å². The van der Waals surface area contributed by atoms with Gasteiger partial charge in [-0.25, -0.2) is 0 Å². The number of amides is 1. The first kappa shape index (κ1) is 15.4. The van der Waals surface area contributed by atoms with E-state index in [1.54, 1.807) is 0 Å². The van der Waals surface area contributed by atoms with Crippen molar-refractivity contribution in [3.63, 3.8) is 0 Å². The van der Waals surface area contributed by atoms with Crippen molar-refractivity contribution < 1.29 is 4.79 Å². The van der Waals surface area contributed by atoms with Crippen LogP contribution >= 0.6 is 0 Å². The van der Waals surface area contributed by atoms with Gasteiger partial charge in [0.1, 0.15) is 0 Å². The van der Waals surface area contributed by atoms with Gasteiger partial charge in [-0.1, -0.05) is 26.7 Å². The molecule has 1 aliphatic carbocycles. The summed E-state index contributed by atoms with van der Waals surface area (Å²) in [6, 6.07) is 0. The lowest BCUT2D eigenvalue weighted by atomic mass is 9.91. The minimum Gasteiger partial charge on any atom is -0.354 e. The zero-order valence-electron chi connectivity index (χ0n) is 12.6. The highest BCUT2D eigenvalue weighted by Gasteiger charge is 2.39. The Bertz CT molecular complexity index is 281. The third-order valence-electron chi connectivity index (χ3n) is 3.84. The molecule has 1 aliphatic rings. The van der Waals surface area contributed by atoms with E-state index in [1.807, 2.05) is 7.05 Å². The molecule has 0 atom stereocenters. The molecule has 4 nitrogen and oxygen atoms in total. The topological polar surface area (TPSA) is 44.4 Å². The number of nitrogens with zero attached hydrogens (tertiary/aromatic N) is 1. The Morgan fingerprint density at radius 1 is 1.28 bits per heavy atom. The van der Waals surface area contributed by atoms with Gasteiger partial charge < -0.3 is 15.5 Å². The van der Waals surface area contributed by atoms with Crippen LogP contribution in [0.1, 0.15) is 39.5 Å². The maximum atomic E-state index is 12.3. The molecule has 0 aliphatic heterocycles. The van der Waals surface area contributed by atoms with Gasteiger partial charge in [0.15, 0.2) is 0 Å². The summed E-state index contributed by atoms with van der Waals surface area (Å²) in [4.78, 5) is 14.5. The molecule has 0 aromatic heterocycles.